The quantitative estimate of drug-likeness (QED) is 0.151. The van der Waals surface area contributed by atoms with Gasteiger partial charge in [0.25, 0.3) is 0 Å². The molecule has 3 heterocycles. The SMILES string of the molecule is c1ccc(-c2cc(-c3ccccc3)c3c(ccc4ccc(-c5cccc(-c6cc(-c7ccc(-n8c9ccccc9c9ccccc98)cc7)nc(-c7ccccc7)n6)c5)cc43)n2)cc1. The molecule has 12 aromatic rings. The molecule has 4 heteroatoms. The average Bonchev–Trinajstić information content (AvgIpc) is 3.71. The zero-order valence-electron chi connectivity index (χ0n) is 34.2. The van der Waals surface area contributed by atoms with Crippen molar-refractivity contribution in [3.05, 3.63) is 231 Å². The van der Waals surface area contributed by atoms with Gasteiger partial charge in [-0.05, 0) is 87.6 Å². The molecular formula is C59H38N4. The highest BCUT2D eigenvalue weighted by molar-refractivity contribution is 6.15. The van der Waals surface area contributed by atoms with Crippen LogP contribution >= 0.6 is 0 Å². The van der Waals surface area contributed by atoms with E-state index in [-0.39, 0.29) is 0 Å². The van der Waals surface area contributed by atoms with E-state index >= 15 is 0 Å². The van der Waals surface area contributed by atoms with E-state index in [4.69, 9.17) is 15.0 Å². The first-order valence-electron chi connectivity index (χ1n) is 21.3. The number of para-hydroxylation sites is 2. The van der Waals surface area contributed by atoms with Crippen LogP contribution in [0, 0.1) is 0 Å². The van der Waals surface area contributed by atoms with E-state index in [1.807, 2.05) is 24.3 Å². The molecule has 0 spiro atoms. The lowest BCUT2D eigenvalue weighted by Gasteiger charge is -2.14. The molecule has 294 valence electrons. The summed E-state index contributed by atoms with van der Waals surface area (Å²) >= 11 is 0. The summed E-state index contributed by atoms with van der Waals surface area (Å²) in [5.74, 6) is 0.688. The minimum Gasteiger partial charge on any atom is -0.309 e. The van der Waals surface area contributed by atoms with Gasteiger partial charge in [0.2, 0.25) is 0 Å². The summed E-state index contributed by atoms with van der Waals surface area (Å²) in [7, 11) is 0. The number of nitrogens with zero attached hydrogens (tertiary/aromatic N) is 4. The Morgan fingerprint density at radius 2 is 0.810 bits per heavy atom. The molecular weight excluding hydrogens is 765 g/mol. The summed E-state index contributed by atoms with van der Waals surface area (Å²) in [4.78, 5) is 15.6. The average molecular weight is 803 g/mol. The zero-order valence-corrected chi connectivity index (χ0v) is 34.2. The highest BCUT2D eigenvalue weighted by Gasteiger charge is 2.17. The maximum Gasteiger partial charge on any atom is 0.160 e. The van der Waals surface area contributed by atoms with Crippen molar-refractivity contribution in [2.45, 2.75) is 0 Å². The molecule has 0 unspecified atom stereocenters. The van der Waals surface area contributed by atoms with Crippen molar-refractivity contribution in [1.29, 1.82) is 0 Å². The van der Waals surface area contributed by atoms with Gasteiger partial charge in [0.1, 0.15) is 0 Å². The van der Waals surface area contributed by atoms with Crippen molar-refractivity contribution < 1.29 is 0 Å². The van der Waals surface area contributed by atoms with Crippen LogP contribution in [0.5, 0.6) is 0 Å². The van der Waals surface area contributed by atoms with Crippen LogP contribution in [0.15, 0.2) is 231 Å². The Labute approximate surface area is 365 Å². The van der Waals surface area contributed by atoms with Crippen molar-refractivity contribution in [1.82, 2.24) is 19.5 Å². The summed E-state index contributed by atoms with van der Waals surface area (Å²) in [6, 6.07) is 81.6. The molecule has 0 saturated carbocycles. The van der Waals surface area contributed by atoms with Crippen LogP contribution in [0.3, 0.4) is 0 Å². The van der Waals surface area contributed by atoms with Gasteiger partial charge < -0.3 is 4.57 Å². The van der Waals surface area contributed by atoms with Crippen molar-refractivity contribution in [3.8, 4) is 73.1 Å². The molecule has 0 atom stereocenters. The monoisotopic (exact) mass is 802 g/mol. The van der Waals surface area contributed by atoms with Gasteiger partial charge in [-0.15, -0.1) is 0 Å². The molecule has 0 aliphatic carbocycles. The molecule has 4 nitrogen and oxygen atoms in total. The molecule has 0 saturated heterocycles. The molecule has 0 fully saturated rings. The molecule has 12 rings (SSSR count). The fourth-order valence-electron chi connectivity index (χ4n) is 9.14. The lowest BCUT2D eigenvalue weighted by Crippen LogP contribution is -1.97. The molecule has 0 bridgehead atoms. The zero-order chi connectivity index (χ0) is 41.7. The van der Waals surface area contributed by atoms with E-state index in [1.165, 1.54) is 38.1 Å². The summed E-state index contributed by atoms with van der Waals surface area (Å²) in [5, 5.41) is 5.98. The second-order valence-electron chi connectivity index (χ2n) is 16.0. The van der Waals surface area contributed by atoms with Crippen molar-refractivity contribution >= 4 is 43.5 Å². The van der Waals surface area contributed by atoms with E-state index in [1.54, 1.807) is 0 Å². The third-order valence-corrected chi connectivity index (χ3v) is 12.2. The van der Waals surface area contributed by atoms with Crippen LogP contribution in [0.25, 0.3) is 117 Å². The van der Waals surface area contributed by atoms with Gasteiger partial charge in [-0.1, -0.05) is 176 Å². The highest BCUT2D eigenvalue weighted by Crippen LogP contribution is 2.39. The standard InChI is InChI=1S/C59H38N4/c1-4-15-39(16-5-1)51-37-53(41-17-6-2-7-18-41)60-52-34-31-40-27-28-45(36-50(40)58(51)52)44-21-14-22-46(35-44)55-38-54(61-59(62-55)43-19-8-3-9-20-43)42-29-32-47(33-30-42)63-56-25-12-10-23-48(56)49-24-11-13-26-57(49)63/h1-38H. The predicted molar refractivity (Wildman–Crippen MR) is 262 cm³/mol. The molecule has 0 aliphatic heterocycles. The van der Waals surface area contributed by atoms with Crippen LogP contribution in [0.4, 0.5) is 0 Å². The Hall–Kier alpha value is -8.47. The Balaban J connectivity index is 0.968. The Kier molecular flexibility index (Phi) is 8.79. The number of fused-ring (bicyclic) bond motifs is 6. The summed E-state index contributed by atoms with van der Waals surface area (Å²) in [6.45, 7) is 0. The molecule has 9 aromatic carbocycles. The van der Waals surface area contributed by atoms with Crippen LogP contribution in [-0.2, 0) is 0 Å². The maximum atomic E-state index is 5.23. The molecule has 0 N–H and O–H groups in total. The van der Waals surface area contributed by atoms with E-state index < -0.39 is 0 Å². The van der Waals surface area contributed by atoms with E-state index in [0.717, 1.165) is 72.6 Å². The lowest BCUT2D eigenvalue weighted by molar-refractivity contribution is 1.17. The van der Waals surface area contributed by atoms with Gasteiger partial charge in [0.05, 0.1) is 33.6 Å². The highest BCUT2D eigenvalue weighted by atomic mass is 15.0. The van der Waals surface area contributed by atoms with Crippen LogP contribution in [-0.4, -0.2) is 19.5 Å². The van der Waals surface area contributed by atoms with E-state index in [9.17, 15) is 0 Å². The largest absolute Gasteiger partial charge is 0.309 e. The van der Waals surface area contributed by atoms with Crippen LogP contribution < -0.4 is 0 Å². The van der Waals surface area contributed by atoms with Gasteiger partial charge in [-0.25, -0.2) is 15.0 Å². The van der Waals surface area contributed by atoms with Gasteiger partial charge >= 0.3 is 0 Å². The first-order chi connectivity index (χ1) is 31.2. The fourth-order valence-corrected chi connectivity index (χ4v) is 9.14. The number of hydrogen-bond acceptors (Lipinski definition) is 3. The van der Waals surface area contributed by atoms with Gasteiger partial charge in [0, 0.05) is 44.1 Å². The molecule has 63 heavy (non-hydrogen) atoms. The molecule has 0 radical (unpaired) electrons. The minimum atomic E-state index is 0.688. The molecule has 0 aliphatic rings. The van der Waals surface area contributed by atoms with E-state index in [2.05, 4.69) is 211 Å². The normalized spacial score (nSPS) is 11.5. The van der Waals surface area contributed by atoms with Crippen molar-refractivity contribution in [2.75, 3.05) is 0 Å². The van der Waals surface area contributed by atoms with E-state index in [0.29, 0.717) is 5.82 Å². The predicted octanol–water partition coefficient (Wildman–Crippen LogP) is 15.3. The smallest absolute Gasteiger partial charge is 0.160 e. The summed E-state index contributed by atoms with van der Waals surface area (Å²) in [6.07, 6.45) is 0. The third-order valence-electron chi connectivity index (χ3n) is 12.2. The van der Waals surface area contributed by atoms with Crippen LogP contribution in [0.1, 0.15) is 0 Å². The Morgan fingerprint density at radius 3 is 1.51 bits per heavy atom. The third kappa shape index (κ3) is 6.53. The maximum absolute atomic E-state index is 5.23. The number of pyridine rings is 1. The first kappa shape index (κ1) is 36.4. The van der Waals surface area contributed by atoms with Crippen LogP contribution in [0.2, 0.25) is 0 Å². The topological polar surface area (TPSA) is 43.6 Å². The van der Waals surface area contributed by atoms with Crippen molar-refractivity contribution in [3.63, 3.8) is 0 Å². The van der Waals surface area contributed by atoms with Gasteiger partial charge in [-0.2, -0.15) is 0 Å². The summed E-state index contributed by atoms with van der Waals surface area (Å²) < 4.78 is 2.34. The molecule has 0 amide bonds. The summed E-state index contributed by atoms with van der Waals surface area (Å²) in [5.41, 5.74) is 15.8. The van der Waals surface area contributed by atoms with Gasteiger partial charge in [-0.3, -0.25) is 0 Å². The van der Waals surface area contributed by atoms with Gasteiger partial charge in [0.15, 0.2) is 5.82 Å². The second kappa shape index (κ2) is 15.2. The molecule has 3 aromatic heterocycles. The number of hydrogen-bond donors (Lipinski definition) is 0. The number of rotatable bonds is 7. The van der Waals surface area contributed by atoms with Crippen molar-refractivity contribution in [2.24, 2.45) is 0 Å². The minimum absolute atomic E-state index is 0.688. The number of benzene rings is 9. The lowest BCUT2D eigenvalue weighted by atomic mass is 9.92. The second-order valence-corrected chi connectivity index (χ2v) is 16.0. The first-order valence-corrected chi connectivity index (χ1v) is 21.3. The Morgan fingerprint density at radius 1 is 0.302 bits per heavy atom. The number of aromatic nitrogens is 4. The Bertz CT molecular complexity index is 3600. The fraction of sp³-hybridized carbons (Fsp3) is 0.